The molecule has 5 heteroatoms. The minimum Gasteiger partial charge on any atom is -0.452 e. The summed E-state index contributed by atoms with van der Waals surface area (Å²) in [7, 11) is 0. The molecule has 0 saturated heterocycles. The Balaban J connectivity index is 2.36. The van der Waals surface area contributed by atoms with Crippen molar-refractivity contribution in [2.45, 2.75) is 20.3 Å². The SMILES string of the molecule is CCC(=O)Nc1ccccc1Oc1c(Cl)ccc(C)c1Cl. The number of amides is 1. The van der Waals surface area contributed by atoms with Crippen LogP contribution in [-0.4, -0.2) is 5.91 Å². The van der Waals surface area contributed by atoms with Gasteiger partial charge in [-0.3, -0.25) is 4.79 Å². The van der Waals surface area contributed by atoms with Gasteiger partial charge >= 0.3 is 0 Å². The molecule has 0 aliphatic rings. The average Bonchev–Trinajstić information content (AvgIpc) is 2.49. The Hall–Kier alpha value is -1.71. The minimum atomic E-state index is -0.0903. The van der Waals surface area contributed by atoms with E-state index in [4.69, 9.17) is 27.9 Å². The molecule has 0 saturated carbocycles. The first-order chi connectivity index (χ1) is 10.0. The normalized spacial score (nSPS) is 10.3. The summed E-state index contributed by atoms with van der Waals surface area (Å²) in [6, 6.07) is 10.7. The second kappa shape index (κ2) is 6.83. The zero-order chi connectivity index (χ0) is 15.4. The number of nitrogens with one attached hydrogen (secondary N) is 1. The number of hydrogen-bond donors (Lipinski definition) is 1. The van der Waals surface area contributed by atoms with E-state index >= 15 is 0 Å². The average molecular weight is 324 g/mol. The summed E-state index contributed by atoms with van der Waals surface area (Å²) in [6.07, 6.45) is 0.389. The van der Waals surface area contributed by atoms with Gasteiger partial charge in [-0.2, -0.15) is 0 Å². The van der Waals surface area contributed by atoms with E-state index in [1.54, 1.807) is 25.1 Å². The van der Waals surface area contributed by atoms with E-state index in [2.05, 4.69) is 5.32 Å². The van der Waals surface area contributed by atoms with Gasteiger partial charge in [-0.25, -0.2) is 0 Å². The third-order valence-corrected chi connectivity index (χ3v) is 3.70. The van der Waals surface area contributed by atoms with Crippen LogP contribution in [0.25, 0.3) is 0 Å². The first kappa shape index (κ1) is 15.7. The molecule has 2 aromatic carbocycles. The quantitative estimate of drug-likeness (QED) is 0.813. The number of benzene rings is 2. The van der Waals surface area contributed by atoms with Crippen LogP contribution in [0.2, 0.25) is 10.0 Å². The third-order valence-electron chi connectivity index (χ3n) is 2.94. The molecule has 0 aliphatic heterocycles. The lowest BCUT2D eigenvalue weighted by atomic mass is 10.2. The van der Waals surface area contributed by atoms with E-state index in [0.29, 0.717) is 33.7 Å². The fourth-order valence-corrected chi connectivity index (χ4v) is 2.18. The number of hydrogen-bond acceptors (Lipinski definition) is 2. The molecular formula is C16H15Cl2NO2. The molecule has 0 heterocycles. The first-order valence-corrected chi connectivity index (χ1v) is 7.29. The number of carbonyl (C=O) groups excluding carboxylic acids is 1. The summed E-state index contributed by atoms with van der Waals surface area (Å²) in [6.45, 7) is 3.66. The van der Waals surface area contributed by atoms with Gasteiger partial charge in [0.25, 0.3) is 0 Å². The zero-order valence-electron chi connectivity index (χ0n) is 11.7. The van der Waals surface area contributed by atoms with E-state index < -0.39 is 0 Å². The summed E-state index contributed by atoms with van der Waals surface area (Å²) >= 11 is 12.4. The van der Waals surface area contributed by atoms with Gasteiger partial charge in [-0.15, -0.1) is 0 Å². The Labute approximate surface area is 133 Å². The number of para-hydroxylation sites is 2. The monoisotopic (exact) mass is 323 g/mol. The van der Waals surface area contributed by atoms with Gasteiger partial charge in [0.15, 0.2) is 11.5 Å². The van der Waals surface area contributed by atoms with Gasteiger partial charge in [0, 0.05) is 6.42 Å². The van der Waals surface area contributed by atoms with Gasteiger partial charge in [-0.1, -0.05) is 48.3 Å². The van der Waals surface area contributed by atoms with Crippen LogP contribution >= 0.6 is 23.2 Å². The van der Waals surface area contributed by atoms with Crippen molar-refractivity contribution in [2.75, 3.05) is 5.32 Å². The van der Waals surface area contributed by atoms with Crippen LogP contribution < -0.4 is 10.1 Å². The number of aryl methyl sites for hydroxylation is 1. The molecule has 1 N–H and O–H groups in total. The Morgan fingerprint density at radius 2 is 1.90 bits per heavy atom. The molecule has 0 aromatic heterocycles. The Morgan fingerprint density at radius 3 is 2.62 bits per heavy atom. The van der Waals surface area contributed by atoms with Crippen LogP contribution in [0.3, 0.4) is 0 Å². The standard InChI is InChI=1S/C16H15Cl2NO2/c1-3-14(20)19-12-6-4-5-7-13(12)21-16-11(17)9-8-10(2)15(16)18/h4-9H,3H2,1-2H3,(H,19,20). The molecule has 2 rings (SSSR count). The van der Waals surface area contributed by atoms with Crippen molar-refractivity contribution < 1.29 is 9.53 Å². The van der Waals surface area contributed by atoms with Gasteiger partial charge in [0.05, 0.1) is 15.7 Å². The number of carbonyl (C=O) groups is 1. The van der Waals surface area contributed by atoms with Gasteiger partial charge in [0.1, 0.15) is 0 Å². The van der Waals surface area contributed by atoms with Crippen LogP contribution in [-0.2, 0) is 4.79 Å². The van der Waals surface area contributed by atoms with Gasteiger partial charge in [0.2, 0.25) is 5.91 Å². The molecule has 0 fully saturated rings. The Morgan fingerprint density at radius 1 is 1.19 bits per heavy atom. The molecular weight excluding hydrogens is 309 g/mol. The maximum atomic E-state index is 11.6. The first-order valence-electron chi connectivity index (χ1n) is 6.54. The van der Waals surface area contributed by atoms with Crippen molar-refractivity contribution >= 4 is 34.8 Å². The molecule has 110 valence electrons. The summed E-state index contributed by atoms with van der Waals surface area (Å²) in [5.41, 5.74) is 1.45. The zero-order valence-corrected chi connectivity index (χ0v) is 13.3. The summed E-state index contributed by atoms with van der Waals surface area (Å²) in [4.78, 5) is 11.6. The van der Waals surface area contributed by atoms with E-state index in [1.165, 1.54) is 0 Å². The lowest BCUT2D eigenvalue weighted by Crippen LogP contribution is -2.10. The highest BCUT2D eigenvalue weighted by atomic mass is 35.5. The van der Waals surface area contributed by atoms with E-state index in [1.807, 2.05) is 25.1 Å². The van der Waals surface area contributed by atoms with E-state index in [9.17, 15) is 4.79 Å². The highest BCUT2D eigenvalue weighted by molar-refractivity contribution is 6.37. The van der Waals surface area contributed by atoms with Crippen molar-refractivity contribution in [1.82, 2.24) is 0 Å². The van der Waals surface area contributed by atoms with Gasteiger partial charge < -0.3 is 10.1 Å². The number of rotatable bonds is 4. The fourth-order valence-electron chi connectivity index (χ4n) is 1.73. The largest absolute Gasteiger partial charge is 0.452 e. The van der Waals surface area contributed by atoms with Crippen molar-refractivity contribution in [2.24, 2.45) is 0 Å². The van der Waals surface area contributed by atoms with Crippen LogP contribution in [0.1, 0.15) is 18.9 Å². The molecule has 0 bridgehead atoms. The molecule has 0 unspecified atom stereocenters. The summed E-state index contributed by atoms with van der Waals surface area (Å²) in [5, 5.41) is 3.66. The predicted octanol–water partition coefficient (Wildman–Crippen LogP) is 5.44. The molecule has 0 radical (unpaired) electrons. The van der Waals surface area contributed by atoms with Gasteiger partial charge in [-0.05, 0) is 30.7 Å². The second-order valence-electron chi connectivity index (χ2n) is 4.51. The molecule has 0 spiro atoms. The number of ether oxygens (including phenoxy) is 1. The number of halogens is 2. The maximum absolute atomic E-state index is 11.6. The van der Waals surface area contributed by atoms with Crippen LogP contribution in [0.4, 0.5) is 5.69 Å². The highest BCUT2D eigenvalue weighted by Gasteiger charge is 2.13. The smallest absolute Gasteiger partial charge is 0.224 e. The predicted molar refractivity (Wildman–Crippen MR) is 86.6 cm³/mol. The molecule has 3 nitrogen and oxygen atoms in total. The van der Waals surface area contributed by atoms with Crippen molar-refractivity contribution in [3.05, 3.63) is 52.0 Å². The molecule has 2 aromatic rings. The van der Waals surface area contributed by atoms with Crippen LogP contribution in [0, 0.1) is 6.92 Å². The van der Waals surface area contributed by atoms with E-state index in [0.717, 1.165) is 5.56 Å². The minimum absolute atomic E-state index is 0.0903. The van der Waals surface area contributed by atoms with Crippen LogP contribution in [0.5, 0.6) is 11.5 Å². The summed E-state index contributed by atoms with van der Waals surface area (Å²) in [5.74, 6) is 0.790. The highest BCUT2D eigenvalue weighted by Crippen LogP contribution is 2.40. The molecule has 0 aliphatic carbocycles. The Kier molecular flexibility index (Phi) is 5.10. The molecule has 1 amide bonds. The lowest BCUT2D eigenvalue weighted by molar-refractivity contribution is -0.115. The summed E-state index contributed by atoms with van der Waals surface area (Å²) < 4.78 is 5.82. The van der Waals surface area contributed by atoms with Crippen molar-refractivity contribution in [3.8, 4) is 11.5 Å². The second-order valence-corrected chi connectivity index (χ2v) is 5.29. The van der Waals surface area contributed by atoms with Crippen LogP contribution in [0.15, 0.2) is 36.4 Å². The molecule has 0 atom stereocenters. The van der Waals surface area contributed by atoms with Crippen molar-refractivity contribution in [1.29, 1.82) is 0 Å². The topological polar surface area (TPSA) is 38.3 Å². The lowest BCUT2D eigenvalue weighted by Gasteiger charge is -2.14. The maximum Gasteiger partial charge on any atom is 0.224 e. The fraction of sp³-hybridized carbons (Fsp3) is 0.188. The van der Waals surface area contributed by atoms with Crippen molar-refractivity contribution in [3.63, 3.8) is 0 Å². The third kappa shape index (κ3) is 3.69. The Bertz CT molecular complexity index is 671. The molecule has 21 heavy (non-hydrogen) atoms. The number of anilines is 1. The van der Waals surface area contributed by atoms with E-state index in [-0.39, 0.29) is 5.91 Å².